The van der Waals surface area contributed by atoms with Gasteiger partial charge >= 0.3 is 0 Å². The van der Waals surface area contributed by atoms with E-state index < -0.39 is 0 Å². The number of benzene rings is 15. The molecule has 102 heavy (non-hydrogen) atoms. The topological polar surface area (TPSA) is 29.6 Å². The Balaban J connectivity index is 0.0000000967. The molecule has 6 nitrogen and oxygen atoms in total. The lowest BCUT2D eigenvalue weighted by Gasteiger charge is -2.09. The average Bonchev–Trinajstić information content (AvgIpc) is 1.56. The molecular formula is C93H60N6S3. The molecule has 0 fully saturated rings. The first kappa shape index (κ1) is 57.6. The molecule has 0 amide bonds. The molecule has 0 aliphatic heterocycles. The molecule has 0 spiro atoms. The summed E-state index contributed by atoms with van der Waals surface area (Å²) in [4.78, 5) is 0. The Labute approximate surface area is 596 Å². The second-order valence-corrected chi connectivity index (χ2v) is 30.4. The molecule has 9 aromatic heterocycles. The molecule has 480 valence electrons. The van der Waals surface area contributed by atoms with Crippen molar-refractivity contribution >= 4 is 225 Å². The summed E-state index contributed by atoms with van der Waals surface area (Å²) in [5, 5.41) is 23.9. The fourth-order valence-electron chi connectivity index (χ4n) is 17.6. The summed E-state index contributed by atoms with van der Waals surface area (Å²) < 4.78 is 22.3. The minimum absolute atomic E-state index is 1.21. The molecule has 0 unspecified atom stereocenters. The van der Waals surface area contributed by atoms with Gasteiger partial charge in [0.05, 0.1) is 43.5 Å². The molecule has 24 aromatic rings. The standard InChI is InChI=1S/3C31H20N2S/c1-32-23-13-5-2-10-21(23)29-25(32)17-18-26-30(29)22-11-3-6-14-24(22)33(26)27-15-8-12-20-19-9-4-7-16-28(19)34-31(20)27;1-32-24-11-5-2-9-21(24)30-26(32)15-16-27-31(30)22-10-3-6-12-25(22)33(27)19-14-17-29-23(18-19)20-8-4-7-13-28(20)34-29;1-32-24-11-5-2-9-22(24)30-26(32)16-17-27-31(30)23-10-3-6-12-25(23)33(27)19-14-15-21-20-8-4-7-13-28(20)34-29(21)18-19/h3*2-18H,1H3. The number of thiophene rings is 3. The molecule has 0 saturated carbocycles. The van der Waals surface area contributed by atoms with E-state index >= 15 is 0 Å². The van der Waals surface area contributed by atoms with E-state index in [2.05, 4.69) is 358 Å². The Morgan fingerprint density at radius 2 is 0.490 bits per heavy atom. The Bertz CT molecular complexity index is 7680. The SMILES string of the molecule is Cn1c2ccccc2c2c3c4ccccc4n(-c4ccc5c(c4)sc4ccccc45)c3ccc21.Cn1c2ccccc2c2c3c4ccccc4n(-c4ccc5sc6ccccc6c5c4)c3ccc21.Cn1c2ccccc2c2c3c4ccccc4n(-c4cccc5c4sc4ccccc45)c3ccc21. The van der Waals surface area contributed by atoms with Crippen LogP contribution >= 0.6 is 34.0 Å². The van der Waals surface area contributed by atoms with Gasteiger partial charge in [-0.05, 0) is 127 Å². The minimum atomic E-state index is 1.21. The summed E-state index contributed by atoms with van der Waals surface area (Å²) in [6.45, 7) is 0. The van der Waals surface area contributed by atoms with Crippen LogP contribution in [0.4, 0.5) is 0 Å². The Hall–Kier alpha value is -12.2. The van der Waals surface area contributed by atoms with Crippen LogP contribution in [0.15, 0.2) is 309 Å². The van der Waals surface area contributed by atoms with E-state index in [0.717, 1.165) is 0 Å². The van der Waals surface area contributed by atoms with Crippen LogP contribution in [0, 0.1) is 0 Å². The average molecular weight is 1360 g/mol. The van der Waals surface area contributed by atoms with Gasteiger partial charge in [0.1, 0.15) is 0 Å². The molecular weight excluding hydrogens is 1300 g/mol. The van der Waals surface area contributed by atoms with Crippen LogP contribution in [0.5, 0.6) is 0 Å². The number of aromatic nitrogens is 6. The van der Waals surface area contributed by atoms with Crippen molar-refractivity contribution in [1.29, 1.82) is 0 Å². The van der Waals surface area contributed by atoms with Gasteiger partial charge in [0.25, 0.3) is 0 Å². The third kappa shape index (κ3) is 8.09. The normalized spacial score (nSPS) is 12.3. The van der Waals surface area contributed by atoms with Gasteiger partial charge in [-0.25, -0.2) is 0 Å². The Morgan fingerprint density at radius 3 is 0.971 bits per heavy atom. The highest BCUT2D eigenvalue weighted by atomic mass is 32.1. The fraction of sp³-hybridized carbons (Fsp3) is 0.0323. The zero-order valence-corrected chi connectivity index (χ0v) is 58.3. The molecule has 0 aliphatic carbocycles. The van der Waals surface area contributed by atoms with Crippen molar-refractivity contribution in [2.24, 2.45) is 21.1 Å². The van der Waals surface area contributed by atoms with Gasteiger partial charge < -0.3 is 27.4 Å². The largest absolute Gasteiger partial charge is 0.344 e. The maximum absolute atomic E-state index is 2.48. The highest BCUT2D eigenvalue weighted by molar-refractivity contribution is 7.26. The summed E-state index contributed by atoms with van der Waals surface area (Å²) in [7, 11) is 6.52. The molecule has 0 atom stereocenters. The Morgan fingerprint density at radius 1 is 0.186 bits per heavy atom. The number of hydrogen-bond donors (Lipinski definition) is 0. The highest BCUT2D eigenvalue weighted by Gasteiger charge is 2.24. The predicted octanol–water partition coefficient (Wildman–Crippen LogP) is 26.4. The van der Waals surface area contributed by atoms with E-state index in [1.54, 1.807) is 0 Å². The number of fused-ring (bicyclic) bond motifs is 30. The van der Waals surface area contributed by atoms with Crippen LogP contribution in [-0.2, 0) is 21.1 Å². The number of rotatable bonds is 3. The molecule has 9 heteroatoms. The second kappa shape index (κ2) is 21.9. The molecule has 0 saturated heterocycles. The maximum Gasteiger partial charge on any atom is 0.0640 e. The first-order valence-corrected chi connectivity index (χ1v) is 37.3. The summed E-state index contributed by atoms with van der Waals surface area (Å²) in [5.74, 6) is 0. The van der Waals surface area contributed by atoms with E-state index in [9.17, 15) is 0 Å². The molecule has 9 heterocycles. The van der Waals surface area contributed by atoms with Crippen LogP contribution in [0.3, 0.4) is 0 Å². The summed E-state index contributed by atoms with van der Waals surface area (Å²) in [6.07, 6.45) is 0. The van der Waals surface area contributed by atoms with Gasteiger partial charge in [0.2, 0.25) is 0 Å². The molecule has 0 aliphatic rings. The van der Waals surface area contributed by atoms with Gasteiger partial charge in [0, 0.05) is 186 Å². The van der Waals surface area contributed by atoms with Gasteiger partial charge in [-0.15, -0.1) is 34.0 Å². The van der Waals surface area contributed by atoms with Crippen LogP contribution in [-0.4, -0.2) is 27.4 Å². The number of nitrogens with zero attached hydrogens (tertiary/aromatic N) is 6. The predicted molar refractivity (Wildman–Crippen MR) is 443 cm³/mol. The zero-order valence-electron chi connectivity index (χ0n) is 55.9. The smallest absolute Gasteiger partial charge is 0.0640 e. The van der Waals surface area contributed by atoms with E-state index in [4.69, 9.17) is 0 Å². The van der Waals surface area contributed by atoms with Crippen molar-refractivity contribution in [1.82, 2.24) is 27.4 Å². The third-order valence-electron chi connectivity index (χ3n) is 22.0. The van der Waals surface area contributed by atoms with Gasteiger partial charge in [0.15, 0.2) is 0 Å². The van der Waals surface area contributed by atoms with Crippen molar-refractivity contribution in [3.63, 3.8) is 0 Å². The van der Waals surface area contributed by atoms with E-state index in [1.165, 1.54) is 208 Å². The highest BCUT2D eigenvalue weighted by Crippen LogP contribution is 2.48. The zero-order chi connectivity index (χ0) is 67.2. The van der Waals surface area contributed by atoms with E-state index in [0.29, 0.717) is 0 Å². The van der Waals surface area contributed by atoms with Crippen molar-refractivity contribution < 1.29 is 0 Å². The lowest BCUT2D eigenvalue weighted by molar-refractivity contribution is 1.01. The number of hydrogen-bond acceptors (Lipinski definition) is 3. The summed E-state index contributed by atoms with van der Waals surface area (Å²) in [6, 6.07) is 113. The maximum atomic E-state index is 2.48. The van der Waals surface area contributed by atoms with Crippen LogP contribution in [0.25, 0.3) is 208 Å². The second-order valence-electron chi connectivity index (χ2n) is 27.2. The lowest BCUT2D eigenvalue weighted by Crippen LogP contribution is -1.94. The molecule has 0 bridgehead atoms. The van der Waals surface area contributed by atoms with Gasteiger partial charge in [-0.2, -0.15) is 0 Å². The van der Waals surface area contributed by atoms with Gasteiger partial charge in [-0.3, -0.25) is 0 Å². The number of para-hydroxylation sites is 6. The Kier molecular flexibility index (Phi) is 12.4. The summed E-state index contributed by atoms with van der Waals surface area (Å²) in [5.41, 5.74) is 18.8. The first-order chi connectivity index (χ1) is 50.4. The first-order valence-electron chi connectivity index (χ1n) is 34.8. The van der Waals surface area contributed by atoms with Crippen LogP contribution in [0.1, 0.15) is 0 Å². The summed E-state index contributed by atoms with van der Waals surface area (Å²) >= 11 is 5.63. The lowest BCUT2D eigenvalue weighted by atomic mass is 10.1. The molecule has 15 aromatic carbocycles. The molecule has 0 radical (unpaired) electrons. The van der Waals surface area contributed by atoms with Crippen LogP contribution in [0.2, 0.25) is 0 Å². The molecule has 0 N–H and O–H groups in total. The monoisotopic (exact) mass is 1360 g/mol. The van der Waals surface area contributed by atoms with Crippen molar-refractivity contribution in [3.05, 3.63) is 309 Å². The third-order valence-corrected chi connectivity index (χ3v) is 25.5. The van der Waals surface area contributed by atoms with Crippen LogP contribution < -0.4 is 0 Å². The number of aryl methyl sites for hydroxylation is 3. The van der Waals surface area contributed by atoms with Gasteiger partial charge in [-0.1, -0.05) is 182 Å². The quantitative estimate of drug-likeness (QED) is 0.169. The van der Waals surface area contributed by atoms with Crippen molar-refractivity contribution in [3.8, 4) is 17.1 Å². The fourth-order valence-corrected chi connectivity index (χ4v) is 21.0. The van der Waals surface area contributed by atoms with E-state index in [1.807, 2.05) is 34.0 Å². The van der Waals surface area contributed by atoms with E-state index in [-0.39, 0.29) is 0 Å². The minimum Gasteiger partial charge on any atom is -0.344 e. The molecule has 24 rings (SSSR count). The van der Waals surface area contributed by atoms with Crippen molar-refractivity contribution in [2.75, 3.05) is 0 Å². The van der Waals surface area contributed by atoms with Crippen molar-refractivity contribution in [2.45, 2.75) is 0 Å².